The Balaban J connectivity index is 2.12. The number of rotatable bonds is 5. The van der Waals surface area contributed by atoms with Gasteiger partial charge in [-0.3, -0.25) is 14.3 Å². The Morgan fingerprint density at radius 3 is 3.10 bits per heavy atom. The molecule has 1 aliphatic heterocycles. The molecule has 0 aromatic carbocycles. The van der Waals surface area contributed by atoms with Crippen molar-refractivity contribution in [1.29, 1.82) is 0 Å². The van der Waals surface area contributed by atoms with Crippen molar-refractivity contribution in [3.8, 4) is 0 Å². The van der Waals surface area contributed by atoms with E-state index in [1.54, 1.807) is 6.20 Å². The number of amides is 2. The zero-order valence-corrected chi connectivity index (χ0v) is 12.0. The zero-order valence-electron chi connectivity index (χ0n) is 12.0. The predicted molar refractivity (Wildman–Crippen MR) is 73.4 cm³/mol. The summed E-state index contributed by atoms with van der Waals surface area (Å²) in [6.45, 7) is 4.17. The first-order chi connectivity index (χ1) is 10.2. The molecule has 21 heavy (non-hydrogen) atoms. The van der Waals surface area contributed by atoms with Gasteiger partial charge >= 0.3 is 0 Å². The van der Waals surface area contributed by atoms with E-state index in [0.717, 1.165) is 0 Å². The molecule has 2 heterocycles. The number of nitrogens with one attached hydrogen (secondary N) is 1. The summed E-state index contributed by atoms with van der Waals surface area (Å²) in [5.74, 6) is -0.544. The first-order valence-electron chi connectivity index (χ1n) is 6.94. The van der Waals surface area contributed by atoms with Gasteiger partial charge in [0.25, 0.3) is 5.91 Å². The number of hydrogen-bond acceptors (Lipinski definition) is 6. The fourth-order valence-corrected chi connectivity index (χ4v) is 2.14. The Morgan fingerprint density at radius 1 is 1.57 bits per heavy atom. The van der Waals surface area contributed by atoms with Crippen LogP contribution < -0.4 is 11.1 Å². The van der Waals surface area contributed by atoms with E-state index >= 15 is 0 Å². The maximum absolute atomic E-state index is 12.5. The summed E-state index contributed by atoms with van der Waals surface area (Å²) in [6.07, 6.45) is 1.54. The van der Waals surface area contributed by atoms with Crippen molar-refractivity contribution in [1.82, 2.24) is 25.2 Å². The zero-order chi connectivity index (χ0) is 15.2. The Hall–Kier alpha value is -2.00. The molecule has 0 bridgehead atoms. The number of hydrogen-bond donors (Lipinski definition) is 2. The van der Waals surface area contributed by atoms with Gasteiger partial charge in [0.2, 0.25) is 5.91 Å². The minimum atomic E-state index is -0.633. The highest BCUT2D eigenvalue weighted by Crippen LogP contribution is 2.11. The predicted octanol–water partition coefficient (Wildman–Crippen LogP) is -1.79. The minimum absolute atomic E-state index is 0.189. The van der Waals surface area contributed by atoms with E-state index in [-0.39, 0.29) is 24.1 Å². The lowest BCUT2D eigenvalue weighted by atomic mass is 10.2. The molecule has 1 aliphatic rings. The van der Waals surface area contributed by atoms with Crippen molar-refractivity contribution in [2.24, 2.45) is 5.73 Å². The van der Waals surface area contributed by atoms with E-state index in [1.807, 2.05) is 6.92 Å². The number of likely N-dealkylation sites (N-methyl/N-ethyl adjacent to an activating group) is 1. The summed E-state index contributed by atoms with van der Waals surface area (Å²) >= 11 is 0. The molecule has 0 saturated carbocycles. The highest BCUT2D eigenvalue weighted by molar-refractivity contribution is 5.96. The molecule has 1 aromatic heterocycles. The van der Waals surface area contributed by atoms with E-state index in [1.165, 1.54) is 9.58 Å². The van der Waals surface area contributed by atoms with E-state index in [2.05, 4.69) is 15.6 Å². The lowest BCUT2D eigenvalue weighted by Crippen LogP contribution is -2.55. The largest absolute Gasteiger partial charge is 0.377 e. The maximum Gasteiger partial charge on any atom is 0.276 e. The molecule has 2 amide bonds. The molecule has 3 N–H and O–H groups in total. The molecular formula is C12H20N6O3. The van der Waals surface area contributed by atoms with Gasteiger partial charge in [0.15, 0.2) is 5.69 Å². The Labute approximate surface area is 122 Å². The molecular weight excluding hydrogens is 276 g/mol. The van der Waals surface area contributed by atoms with Gasteiger partial charge < -0.3 is 20.7 Å². The molecule has 116 valence electrons. The van der Waals surface area contributed by atoms with Crippen LogP contribution in [0.5, 0.6) is 0 Å². The molecule has 0 aliphatic carbocycles. The summed E-state index contributed by atoms with van der Waals surface area (Å²) in [5, 5.41) is 10.4. The molecule has 0 radical (unpaired) electrons. The number of carbonyl (C=O) groups is 2. The third-order valence-electron chi connectivity index (χ3n) is 3.16. The number of ether oxygens (including phenoxy) is 1. The lowest BCUT2D eigenvalue weighted by Gasteiger charge is -2.33. The quantitative estimate of drug-likeness (QED) is 0.663. The molecule has 1 unspecified atom stereocenters. The van der Waals surface area contributed by atoms with Crippen LogP contribution in [0.25, 0.3) is 0 Å². The Morgan fingerprint density at radius 2 is 2.38 bits per heavy atom. The van der Waals surface area contributed by atoms with Gasteiger partial charge in [0.1, 0.15) is 6.04 Å². The van der Waals surface area contributed by atoms with Crippen LogP contribution in [0, 0.1) is 0 Å². The van der Waals surface area contributed by atoms with Crippen molar-refractivity contribution in [2.75, 3.05) is 32.8 Å². The van der Waals surface area contributed by atoms with Gasteiger partial charge in [-0.1, -0.05) is 5.21 Å². The normalized spacial score (nSPS) is 18.6. The van der Waals surface area contributed by atoms with Gasteiger partial charge in [-0.15, -0.1) is 5.10 Å². The number of aromatic nitrogens is 3. The SMILES string of the molecule is CCNC(=O)C1COCCN1C(=O)c1cn(CCN)nn1. The van der Waals surface area contributed by atoms with Crippen LogP contribution in [0.15, 0.2) is 6.20 Å². The Bertz CT molecular complexity index is 503. The first kappa shape index (κ1) is 15.4. The molecule has 9 heteroatoms. The Kier molecular flexibility index (Phi) is 5.23. The van der Waals surface area contributed by atoms with E-state index in [4.69, 9.17) is 10.5 Å². The van der Waals surface area contributed by atoms with Crippen LogP contribution in [-0.4, -0.2) is 70.6 Å². The fraction of sp³-hybridized carbons (Fsp3) is 0.667. The second kappa shape index (κ2) is 7.14. The third-order valence-corrected chi connectivity index (χ3v) is 3.16. The molecule has 1 fully saturated rings. The summed E-state index contributed by atoms with van der Waals surface area (Å²) in [5.41, 5.74) is 5.64. The molecule has 1 saturated heterocycles. The average molecular weight is 296 g/mol. The minimum Gasteiger partial charge on any atom is -0.377 e. The average Bonchev–Trinajstić information content (AvgIpc) is 2.96. The second-order valence-corrected chi connectivity index (χ2v) is 4.64. The number of carbonyl (C=O) groups excluding carboxylic acids is 2. The first-order valence-corrected chi connectivity index (χ1v) is 6.94. The standard InChI is InChI=1S/C12H20N6O3/c1-2-14-11(19)10-8-21-6-5-18(10)12(20)9-7-17(4-3-13)16-15-9/h7,10H,2-6,8,13H2,1H3,(H,14,19). The van der Waals surface area contributed by atoms with Crippen LogP contribution in [0.4, 0.5) is 0 Å². The molecule has 9 nitrogen and oxygen atoms in total. The van der Waals surface area contributed by atoms with E-state index in [9.17, 15) is 9.59 Å². The summed E-state index contributed by atoms with van der Waals surface area (Å²) in [4.78, 5) is 26.0. The highest BCUT2D eigenvalue weighted by atomic mass is 16.5. The lowest BCUT2D eigenvalue weighted by molar-refractivity contribution is -0.130. The number of nitrogens with zero attached hydrogens (tertiary/aromatic N) is 4. The van der Waals surface area contributed by atoms with Crippen LogP contribution in [0.3, 0.4) is 0 Å². The van der Waals surface area contributed by atoms with E-state index in [0.29, 0.717) is 32.8 Å². The third kappa shape index (κ3) is 3.56. The topological polar surface area (TPSA) is 115 Å². The number of morpholine rings is 1. The molecule has 2 rings (SSSR count). The molecule has 0 spiro atoms. The van der Waals surface area contributed by atoms with E-state index < -0.39 is 6.04 Å². The van der Waals surface area contributed by atoms with Crippen molar-refractivity contribution < 1.29 is 14.3 Å². The van der Waals surface area contributed by atoms with Gasteiger partial charge in [-0.05, 0) is 6.92 Å². The fourth-order valence-electron chi connectivity index (χ4n) is 2.14. The molecule has 1 atom stereocenters. The van der Waals surface area contributed by atoms with Gasteiger partial charge in [0.05, 0.1) is 26.0 Å². The van der Waals surface area contributed by atoms with Gasteiger partial charge in [-0.25, -0.2) is 0 Å². The van der Waals surface area contributed by atoms with Crippen molar-refractivity contribution in [3.05, 3.63) is 11.9 Å². The van der Waals surface area contributed by atoms with Crippen LogP contribution >= 0.6 is 0 Å². The van der Waals surface area contributed by atoms with Crippen LogP contribution in [0.2, 0.25) is 0 Å². The van der Waals surface area contributed by atoms with Crippen molar-refractivity contribution in [2.45, 2.75) is 19.5 Å². The maximum atomic E-state index is 12.5. The van der Waals surface area contributed by atoms with Crippen LogP contribution in [0.1, 0.15) is 17.4 Å². The van der Waals surface area contributed by atoms with Crippen molar-refractivity contribution in [3.63, 3.8) is 0 Å². The van der Waals surface area contributed by atoms with Gasteiger partial charge in [0, 0.05) is 19.6 Å². The number of nitrogens with two attached hydrogens (primary N) is 1. The summed E-state index contributed by atoms with van der Waals surface area (Å²) in [6, 6.07) is -0.633. The summed E-state index contributed by atoms with van der Waals surface area (Å²) < 4.78 is 6.81. The highest BCUT2D eigenvalue weighted by Gasteiger charge is 2.34. The van der Waals surface area contributed by atoms with Crippen LogP contribution in [-0.2, 0) is 16.1 Å². The van der Waals surface area contributed by atoms with Crippen molar-refractivity contribution >= 4 is 11.8 Å². The molecule has 1 aromatic rings. The van der Waals surface area contributed by atoms with Gasteiger partial charge in [-0.2, -0.15) is 0 Å². The second-order valence-electron chi connectivity index (χ2n) is 4.64. The monoisotopic (exact) mass is 296 g/mol. The smallest absolute Gasteiger partial charge is 0.276 e. The summed E-state index contributed by atoms with van der Waals surface area (Å²) in [7, 11) is 0.